The SMILES string of the molecule is CCCCCCCCCCCCS/C(=C\C#N)C(C)(C)O. The second kappa shape index (κ2) is 13.2. The number of rotatable bonds is 13. The normalized spacial score (nSPS) is 12.4. The number of nitriles is 1. The molecule has 0 aromatic heterocycles. The van der Waals surface area contributed by atoms with Crippen molar-refractivity contribution in [3.05, 3.63) is 11.0 Å². The maximum atomic E-state index is 9.93. The molecule has 0 saturated carbocycles. The molecule has 0 radical (unpaired) electrons. The number of allylic oxidation sites excluding steroid dienone is 1. The van der Waals surface area contributed by atoms with Crippen molar-refractivity contribution < 1.29 is 5.11 Å². The van der Waals surface area contributed by atoms with Crippen molar-refractivity contribution in [3.63, 3.8) is 0 Å². The van der Waals surface area contributed by atoms with Crippen LogP contribution in [0.5, 0.6) is 0 Å². The van der Waals surface area contributed by atoms with Crippen molar-refractivity contribution in [2.45, 2.75) is 90.6 Å². The molecule has 0 amide bonds. The third kappa shape index (κ3) is 13.0. The van der Waals surface area contributed by atoms with E-state index in [-0.39, 0.29) is 0 Å². The van der Waals surface area contributed by atoms with Crippen LogP contribution >= 0.6 is 11.8 Å². The molecule has 0 aromatic rings. The van der Waals surface area contributed by atoms with Crippen LogP contribution in [0.3, 0.4) is 0 Å². The molecule has 0 atom stereocenters. The topological polar surface area (TPSA) is 44.0 Å². The highest BCUT2D eigenvalue weighted by Crippen LogP contribution is 2.28. The molecule has 21 heavy (non-hydrogen) atoms. The van der Waals surface area contributed by atoms with E-state index < -0.39 is 5.60 Å². The van der Waals surface area contributed by atoms with Crippen LogP contribution < -0.4 is 0 Å². The molecule has 1 N–H and O–H groups in total. The zero-order valence-electron chi connectivity index (χ0n) is 14.2. The van der Waals surface area contributed by atoms with Crippen LogP contribution in [-0.4, -0.2) is 16.5 Å². The van der Waals surface area contributed by atoms with Gasteiger partial charge in [-0.05, 0) is 26.0 Å². The lowest BCUT2D eigenvalue weighted by Gasteiger charge is -2.20. The number of nitrogens with zero attached hydrogens (tertiary/aromatic N) is 1. The molecule has 2 nitrogen and oxygen atoms in total. The number of thioether (sulfide) groups is 1. The molecule has 0 aliphatic rings. The molecule has 0 fully saturated rings. The Kier molecular flexibility index (Phi) is 12.9. The Morgan fingerprint density at radius 1 is 1.00 bits per heavy atom. The first-order valence-electron chi connectivity index (χ1n) is 8.47. The van der Waals surface area contributed by atoms with Gasteiger partial charge in [-0.25, -0.2) is 0 Å². The highest BCUT2D eigenvalue weighted by molar-refractivity contribution is 8.03. The lowest BCUT2D eigenvalue weighted by atomic mass is 10.1. The van der Waals surface area contributed by atoms with E-state index in [0.29, 0.717) is 0 Å². The molecule has 0 aliphatic heterocycles. The van der Waals surface area contributed by atoms with E-state index in [1.807, 2.05) is 6.07 Å². The fourth-order valence-corrected chi connectivity index (χ4v) is 3.28. The Labute approximate surface area is 136 Å². The van der Waals surface area contributed by atoms with E-state index in [1.54, 1.807) is 25.6 Å². The minimum atomic E-state index is -0.890. The molecule has 0 heterocycles. The van der Waals surface area contributed by atoms with E-state index in [4.69, 9.17) is 5.26 Å². The van der Waals surface area contributed by atoms with E-state index in [2.05, 4.69) is 6.92 Å². The molecule has 3 heteroatoms. The van der Waals surface area contributed by atoms with Gasteiger partial charge in [0, 0.05) is 11.0 Å². The number of aliphatic hydroxyl groups is 1. The summed E-state index contributed by atoms with van der Waals surface area (Å²) in [6, 6.07) is 2.02. The van der Waals surface area contributed by atoms with Crippen LogP contribution in [0.2, 0.25) is 0 Å². The van der Waals surface area contributed by atoms with Crippen molar-refractivity contribution in [1.29, 1.82) is 5.26 Å². The van der Waals surface area contributed by atoms with Crippen LogP contribution in [0.25, 0.3) is 0 Å². The summed E-state index contributed by atoms with van der Waals surface area (Å²) in [5.41, 5.74) is -0.890. The van der Waals surface area contributed by atoms with Crippen molar-refractivity contribution in [2.24, 2.45) is 0 Å². The second-order valence-corrected chi connectivity index (χ2v) is 7.36. The Hall–Kier alpha value is -0.460. The quantitative estimate of drug-likeness (QED) is 0.344. The first-order valence-corrected chi connectivity index (χ1v) is 9.46. The maximum Gasteiger partial charge on any atom is 0.0921 e. The lowest BCUT2D eigenvalue weighted by Crippen LogP contribution is -2.20. The summed E-state index contributed by atoms with van der Waals surface area (Å²) in [6.07, 6.45) is 14.8. The van der Waals surface area contributed by atoms with Gasteiger partial charge in [0.05, 0.1) is 11.7 Å². The maximum absolute atomic E-state index is 9.93. The third-order valence-electron chi connectivity index (χ3n) is 3.55. The summed E-state index contributed by atoms with van der Waals surface area (Å²) >= 11 is 1.62. The number of hydrogen-bond donors (Lipinski definition) is 1. The van der Waals surface area contributed by atoms with Crippen LogP contribution in [0.1, 0.15) is 85.0 Å². The van der Waals surface area contributed by atoms with Gasteiger partial charge in [-0.2, -0.15) is 5.26 Å². The molecule has 0 unspecified atom stereocenters. The Morgan fingerprint density at radius 3 is 1.90 bits per heavy atom. The van der Waals surface area contributed by atoms with Gasteiger partial charge in [-0.1, -0.05) is 64.7 Å². The molecule has 0 aromatic carbocycles. The van der Waals surface area contributed by atoms with Crippen LogP contribution in [0, 0.1) is 11.3 Å². The summed E-state index contributed by atoms with van der Waals surface area (Å²) in [5, 5.41) is 18.7. The Morgan fingerprint density at radius 2 is 1.48 bits per heavy atom. The van der Waals surface area contributed by atoms with Crippen molar-refractivity contribution in [2.75, 3.05) is 5.75 Å². The smallest absolute Gasteiger partial charge is 0.0921 e. The van der Waals surface area contributed by atoms with Crippen LogP contribution in [-0.2, 0) is 0 Å². The first kappa shape index (κ1) is 20.5. The molecular weight excluding hydrogens is 278 g/mol. The monoisotopic (exact) mass is 311 g/mol. The van der Waals surface area contributed by atoms with E-state index in [9.17, 15) is 5.11 Å². The van der Waals surface area contributed by atoms with Gasteiger partial charge in [0.1, 0.15) is 0 Å². The van der Waals surface area contributed by atoms with Crippen molar-refractivity contribution in [1.82, 2.24) is 0 Å². The highest BCUT2D eigenvalue weighted by atomic mass is 32.2. The summed E-state index contributed by atoms with van der Waals surface area (Å²) in [4.78, 5) is 0.779. The minimum absolute atomic E-state index is 0.779. The average molecular weight is 312 g/mol. The summed E-state index contributed by atoms with van der Waals surface area (Å²) < 4.78 is 0. The molecule has 0 aliphatic carbocycles. The largest absolute Gasteiger partial charge is 0.385 e. The first-order chi connectivity index (χ1) is 10.0. The van der Waals surface area contributed by atoms with E-state index >= 15 is 0 Å². The van der Waals surface area contributed by atoms with Crippen LogP contribution in [0.15, 0.2) is 11.0 Å². The average Bonchev–Trinajstić information content (AvgIpc) is 2.42. The summed E-state index contributed by atoms with van der Waals surface area (Å²) in [7, 11) is 0. The lowest BCUT2D eigenvalue weighted by molar-refractivity contribution is 0.129. The van der Waals surface area contributed by atoms with Gasteiger partial charge >= 0.3 is 0 Å². The molecule has 0 rings (SSSR count). The predicted molar refractivity (Wildman–Crippen MR) is 94.3 cm³/mol. The van der Waals surface area contributed by atoms with Gasteiger partial charge in [0.2, 0.25) is 0 Å². The zero-order chi connectivity index (χ0) is 16.0. The minimum Gasteiger partial charge on any atom is -0.385 e. The van der Waals surface area contributed by atoms with Gasteiger partial charge in [0.25, 0.3) is 0 Å². The zero-order valence-corrected chi connectivity index (χ0v) is 15.0. The molecule has 0 spiro atoms. The Balaban J connectivity index is 3.48. The molecular formula is C18H33NOS. The van der Waals surface area contributed by atoms with Gasteiger partial charge in [-0.15, -0.1) is 11.8 Å². The van der Waals surface area contributed by atoms with Gasteiger partial charge < -0.3 is 5.11 Å². The second-order valence-electron chi connectivity index (χ2n) is 6.23. The molecule has 0 saturated heterocycles. The van der Waals surface area contributed by atoms with Gasteiger partial charge in [-0.3, -0.25) is 0 Å². The van der Waals surface area contributed by atoms with E-state index in [1.165, 1.54) is 70.3 Å². The summed E-state index contributed by atoms with van der Waals surface area (Å²) in [5.74, 6) is 0.994. The Bertz CT molecular complexity index is 312. The highest BCUT2D eigenvalue weighted by Gasteiger charge is 2.19. The predicted octanol–water partition coefficient (Wildman–Crippen LogP) is 5.82. The fraction of sp³-hybridized carbons (Fsp3) is 0.833. The number of unbranched alkanes of at least 4 members (excludes halogenated alkanes) is 9. The van der Waals surface area contributed by atoms with E-state index in [0.717, 1.165) is 10.7 Å². The van der Waals surface area contributed by atoms with Gasteiger partial charge in [0.15, 0.2) is 0 Å². The molecule has 0 bridgehead atoms. The molecule has 122 valence electrons. The van der Waals surface area contributed by atoms with Crippen LogP contribution in [0.4, 0.5) is 0 Å². The van der Waals surface area contributed by atoms with Crippen molar-refractivity contribution >= 4 is 11.8 Å². The number of hydrogen-bond acceptors (Lipinski definition) is 3. The van der Waals surface area contributed by atoms with Crippen molar-refractivity contribution in [3.8, 4) is 6.07 Å². The fourth-order valence-electron chi connectivity index (χ4n) is 2.23. The summed E-state index contributed by atoms with van der Waals surface area (Å²) in [6.45, 7) is 5.73. The third-order valence-corrected chi connectivity index (χ3v) is 4.98. The standard InChI is InChI=1S/C18H33NOS/c1-4-5-6-7-8-9-10-11-12-13-16-21-17(14-15-19)18(2,3)20/h14,20H,4-13,16H2,1-3H3/b17-14-.